The maximum atomic E-state index is 10.4. The molecule has 0 spiro atoms. The van der Waals surface area contributed by atoms with Crippen LogP contribution in [0.1, 0.15) is 24.4 Å². The van der Waals surface area contributed by atoms with Crippen LogP contribution in [0.3, 0.4) is 0 Å². The van der Waals surface area contributed by atoms with Gasteiger partial charge < -0.3 is 19.3 Å². The number of methoxy groups -OCH3 is 1. The molecule has 1 atom stereocenters. The third-order valence-electron chi connectivity index (χ3n) is 5.34. The van der Waals surface area contributed by atoms with E-state index in [-0.39, 0.29) is 5.75 Å². The Labute approximate surface area is 153 Å². The van der Waals surface area contributed by atoms with Crippen molar-refractivity contribution in [2.24, 2.45) is 0 Å². The molecule has 0 radical (unpaired) electrons. The molecule has 0 saturated carbocycles. The van der Waals surface area contributed by atoms with Gasteiger partial charge >= 0.3 is 0 Å². The van der Waals surface area contributed by atoms with Crippen LogP contribution >= 0.6 is 0 Å². The van der Waals surface area contributed by atoms with E-state index < -0.39 is 0 Å². The highest BCUT2D eigenvalue weighted by Crippen LogP contribution is 2.35. The average Bonchev–Trinajstić information content (AvgIpc) is 3.07. The summed E-state index contributed by atoms with van der Waals surface area (Å²) in [6.07, 6.45) is 4.48. The molecule has 1 N–H and O–H groups in total. The minimum absolute atomic E-state index is 0.148. The summed E-state index contributed by atoms with van der Waals surface area (Å²) >= 11 is 0. The molecule has 3 aromatic rings. The summed E-state index contributed by atoms with van der Waals surface area (Å²) in [7, 11) is 3.75. The van der Waals surface area contributed by atoms with E-state index >= 15 is 0 Å². The Balaban J connectivity index is 1.77. The fraction of sp³-hybridized carbons (Fsp3) is 0.400. The standard InChI is InChI=1S/C20H24N4O2/c1-13-16-8-10-24(14-5-4-9-23(2)12-14)20(16)22-21-19(13)17-7-6-15(26-3)11-18(17)25/h6-8,10-11,14,25H,4-5,9,12H2,1-3H3/t14-/m1/s1. The lowest BCUT2D eigenvalue weighted by Crippen LogP contribution is -2.33. The molecule has 1 aliphatic rings. The number of hydrogen-bond donors (Lipinski definition) is 1. The molecule has 3 heterocycles. The predicted molar refractivity (Wildman–Crippen MR) is 102 cm³/mol. The van der Waals surface area contributed by atoms with E-state index in [1.807, 2.05) is 19.1 Å². The van der Waals surface area contributed by atoms with Crippen LogP contribution in [0.5, 0.6) is 11.5 Å². The Bertz CT molecular complexity index is 950. The summed E-state index contributed by atoms with van der Waals surface area (Å²) in [5.41, 5.74) is 3.32. The van der Waals surface area contributed by atoms with Crippen molar-refractivity contribution in [2.45, 2.75) is 25.8 Å². The third kappa shape index (κ3) is 2.80. The first-order valence-corrected chi connectivity index (χ1v) is 8.98. The zero-order valence-corrected chi connectivity index (χ0v) is 15.4. The van der Waals surface area contributed by atoms with Gasteiger partial charge in [-0.3, -0.25) is 0 Å². The molecule has 1 aromatic carbocycles. The first-order valence-electron chi connectivity index (χ1n) is 8.98. The Kier molecular flexibility index (Phi) is 4.28. The quantitative estimate of drug-likeness (QED) is 0.783. The van der Waals surface area contributed by atoms with Gasteiger partial charge in [0, 0.05) is 35.8 Å². The number of aromatic hydroxyl groups is 1. The van der Waals surface area contributed by atoms with Crippen molar-refractivity contribution in [3.05, 3.63) is 36.0 Å². The zero-order chi connectivity index (χ0) is 18.3. The second-order valence-corrected chi connectivity index (χ2v) is 7.08. The van der Waals surface area contributed by atoms with Crippen molar-refractivity contribution in [3.63, 3.8) is 0 Å². The van der Waals surface area contributed by atoms with Crippen molar-refractivity contribution in [2.75, 3.05) is 27.2 Å². The van der Waals surface area contributed by atoms with E-state index in [0.29, 0.717) is 23.0 Å². The molecular formula is C20H24N4O2. The number of aryl methyl sites for hydroxylation is 1. The minimum atomic E-state index is 0.148. The number of rotatable bonds is 3. The lowest BCUT2D eigenvalue weighted by Gasteiger charge is -2.30. The molecule has 6 heteroatoms. The first-order chi connectivity index (χ1) is 12.6. The Morgan fingerprint density at radius 3 is 2.81 bits per heavy atom. The number of piperidine rings is 1. The number of likely N-dealkylation sites (N-methyl/N-ethyl adjacent to an activating group) is 1. The number of ether oxygens (including phenoxy) is 1. The molecular weight excluding hydrogens is 328 g/mol. The van der Waals surface area contributed by atoms with Gasteiger partial charge in [0.05, 0.1) is 7.11 Å². The van der Waals surface area contributed by atoms with E-state index in [4.69, 9.17) is 4.74 Å². The number of likely N-dealkylation sites (tertiary alicyclic amines) is 1. The summed E-state index contributed by atoms with van der Waals surface area (Å²) < 4.78 is 7.41. The smallest absolute Gasteiger partial charge is 0.163 e. The molecule has 2 aromatic heterocycles. The maximum Gasteiger partial charge on any atom is 0.163 e. The number of phenols is 1. The van der Waals surface area contributed by atoms with Gasteiger partial charge in [0.25, 0.3) is 0 Å². The number of aromatic nitrogens is 3. The van der Waals surface area contributed by atoms with Gasteiger partial charge in [0.15, 0.2) is 5.65 Å². The summed E-state index contributed by atoms with van der Waals surface area (Å²) in [6, 6.07) is 7.79. The fourth-order valence-corrected chi connectivity index (χ4v) is 3.89. The first kappa shape index (κ1) is 16.8. The third-order valence-corrected chi connectivity index (χ3v) is 5.34. The van der Waals surface area contributed by atoms with Gasteiger partial charge in [-0.25, -0.2) is 0 Å². The lowest BCUT2D eigenvalue weighted by atomic mass is 10.0. The highest BCUT2D eigenvalue weighted by atomic mass is 16.5. The zero-order valence-electron chi connectivity index (χ0n) is 15.4. The van der Waals surface area contributed by atoms with Crippen LogP contribution in [0.4, 0.5) is 0 Å². The van der Waals surface area contributed by atoms with Gasteiger partial charge in [-0.15, -0.1) is 10.2 Å². The summed E-state index contributed by atoms with van der Waals surface area (Å²) in [5.74, 6) is 0.764. The largest absolute Gasteiger partial charge is 0.507 e. The van der Waals surface area contributed by atoms with Gasteiger partial charge in [-0.05, 0) is 57.1 Å². The molecule has 1 saturated heterocycles. The molecule has 0 unspecified atom stereocenters. The highest BCUT2D eigenvalue weighted by molar-refractivity contribution is 5.86. The number of benzene rings is 1. The Morgan fingerprint density at radius 2 is 2.08 bits per heavy atom. The second kappa shape index (κ2) is 6.61. The van der Waals surface area contributed by atoms with Crippen LogP contribution in [0.2, 0.25) is 0 Å². The topological polar surface area (TPSA) is 63.4 Å². The van der Waals surface area contributed by atoms with Gasteiger partial charge in [-0.1, -0.05) is 0 Å². The van der Waals surface area contributed by atoms with Crippen molar-refractivity contribution in [1.29, 1.82) is 0 Å². The van der Waals surface area contributed by atoms with E-state index in [1.54, 1.807) is 13.2 Å². The molecule has 0 bridgehead atoms. The van der Waals surface area contributed by atoms with Gasteiger partial charge in [0.1, 0.15) is 17.2 Å². The van der Waals surface area contributed by atoms with E-state index in [2.05, 4.69) is 39.0 Å². The van der Waals surface area contributed by atoms with Crippen LogP contribution in [-0.4, -0.2) is 52.0 Å². The maximum absolute atomic E-state index is 10.4. The number of fused-ring (bicyclic) bond motifs is 1. The molecule has 1 fully saturated rings. The normalized spacial score (nSPS) is 18.3. The Morgan fingerprint density at radius 1 is 1.23 bits per heavy atom. The Hall–Kier alpha value is -2.60. The summed E-state index contributed by atoms with van der Waals surface area (Å²) in [4.78, 5) is 2.37. The van der Waals surface area contributed by atoms with E-state index in [0.717, 1.165) is 36.1 Å². The molecule has 0 aliphatic carbocycles. The molecule has 26 heavy (non-hydrogen) atoms. The fourth-order valence-electron chi connectivity index (χ4n) is 3.89. The van der Waals surface area contributed by atoms with Crippen molar-refractivity contribution in [3.8, 4) is 22.8 Å². The molecule has 1 aliphatic heterocycles. The molecule has 0 amide bonds. The lowest BCUT2D eigenvalue weighted by molar-refractivity contribution is 0.214. The number of hydrogen-bond acceptors (Lipinski definition) is 5. The molecule has 6 nitrogen and oxygen atoms in total. The van der Waals surface area contributed by atoms with Gasteiger partial charge in [0.2, 0.25) is 0 Å². The highest BCUT2D eigenvalue weighted by Gasteiger charge is 2.22. The summed E-state index contributed by atoms with van der Waals surface area (Å²) in [6.45, 7) is 4.22. The molecule has 136 valence electrons. The van der Waals surface area contributed by atoms with Gasteiger partial charge in [-0.2, -0.15) is 0 Å². The monoisotopic (exact) mass is 352 g/mol. The van der Waals surface area contributed by atoms with E-state index in [1.165, 1.54) is 6.42 Å². The van der Waals surface area contributed by atoms with Crippen molar-refractivity contribution >= 4 is 11.0 Å². The van der Waals surface area contributed by atoms with Crippen molar-refractivity contribution < 1.29 is 9.84 Å². The van der Waals surface area contributed by atoms with Crippen LogP contribution in [0.15, 0.2) is 30.5 Å². The van der Waals surface area contributed by atoms with Crippen LogP contribution in [0, 0.1) is 6.92 Å². The average molecular weight is 352 g/mol. The summed E-state index contributed by atoms with van der Waals surface area (Å²) in [5, 5.41) is 20.4. The number of phenolic OH excluding ortho intramolecular Hbond substituents is 1. The number of nitrogens with zero attached hydrogens (tertiary/aromatic N) is 4. The minimum Gasteiger partial charge on any atom is -0.507 e. The second-order valence-electron chi connectivity index (χ2n) is 7.08. The van der Waals surface area contributed by atoms with Crippen LogP contribution < -0.4 is 4.74 Å². The van der Waals surface area contributed by atoms with Crippen LogP contribution in [-0.2, 0) is 0 Å². The predicted octanol–water partition coefficient (Wildman–Crippen LogP) is 3.39. The van der Waals surface area contributed by atoms with E-state index in [9.17, 15) is 5.11 Å². The van der Waals surface area contributed by atoms with Crippen LogP contribution in [0.25, 0.3) is 22.3 Å². The molecule has 4 rings (SSSR count). The van der Waals surface area contributed by atoms with Crippen molar-refractivity contribution in [1.82, 2.24) is 19.7 Å². The SMILES string of the molecule is COc1ccc(-c2nnc3c(ccn3[C@@H]3CCCN(C)C3)c2C)c(O)c1.